The van der Waals surface area contributed by atoms with E-state index in [2.05, 4.69) is 18.5 Å². The van der Waals surface area contributed by atoms with Crippen molar-refractivity contribution in [2.45, 2.75) is 6.92 Å². The SMILES string of the molecule is C=CC(=O)Nc1c(F)cccc1C(=C)C. The van der Waals surface area contributed by atoms with Crippen LogP contribution in [0.2, 0.25) is 0 Å². The summed E-state index contributed by atoms with van der Waals surface area (Å²) < 4.78 is 13.4. The van der Waals surface area contributed by atoms with Crippen LogP contribution in [-0.4, -0.2) is 5.91 Å². The highest BCUT2D eigenvalue weighted by atomic mass is 19.1. The van der Waals surface area contributed by atoms with Crippen molar-refractivity contribution < 1.29 is 9.18 Å². The average Bonchev–Trinajstić information content (AvgIpc) is 2.20. The van der Waals surface area contributed by atoms with Gasteiger partial charge in [-0.15, -0.1) is 0 Å². The molecule has 0 spiro atoms. The maximum atomic E-state index is 13.4. The zero-order valence-corrected chi connectivity index (χ0v) is 8.51. The molecular weight excluding hydrogens is 193 g/mol. The fraction of sp³-hybridized carbons (Fsp3) is 0.0833. The summed E-state index contributed by atoms with van der Waals surface area (Å²) in [5.41, 5.74) is 1.42. The summed E-state index contributed by atoms with van der Waals surface area (Å²) >= 11 is 0. The predicted molar refractivity (Wildman–Crippen MR) is 59.9 cm³/mol. The zero-order chi connectivity index (χ0) is 11.4. The number of halogens is 1. The van der Waals surface area contributed by atoms with E-state index in [1.54, 1.807) is 19.1 Å². The maximum Gasteiger partial charge on any atom is 0.247 e. The standard InChI is InChI=1S/C12H12FNO/c1-4-11(15)14-12-9(8(2)3)6-5-7-10(12)13/h4-7H,1-2H2,3H3,(H,14,15). The molecule has 0 aromatic heterocycles. The van der Waals surface area contributed by atoms with Crippen molar-refractivity contribution >= 4 is 17.2 Å². The van der Waals surface area contributed by atoms with Crippen molar-refractivity contribution in [3.8, 4) is 0 Å². The van der Waals surface area contributed by atoms with Crippen molar-refractivity contribution in [2.75, 3.05) is 5.32 Å². The molecule has 0 aliphatic rings. The van der Waals surface area contributed by atoms with E-state index in [9.17, 15) is 9.18 Å². The Morgan fingerprint density at radius 3 is 2.73 bits per heavy atom. The van der Waals surface area contributed by atoms with Crippen LogP contribution in [0.5, 0.6) is 0 Å². The number of allylic oxidation sites excluding steroid dienone is 1. The lowest BCUT2D eigenvalue weighted by atomic mass is 10.1. The number of amides is 1. The highest BCUT2D eigenvalue weighted by molar-refractivity contribution is 6.00. The second-order valence-electron chi connectivity index (χ2n) is 3.14. The number of anilines is 1. The zero-order valence-electron chi connectivity index (χ0n) is 8.51. The van der Waals surface area contributed by atoms with Gasteiger partial charge in [-0.1, -0.05) is 25.3 Å². The van der Waals surface area contributed by atoms with Crippen LogP contribution in [0.15, 0.2) is 37.4 Å². The molecule has 0 unspecified atom stereocenters. The van der Waals surface area contributed by atoms with Crippen molar-refractivity contribution in [1.82, 2.24) is 0 Å². The average molecular weight is 205 g/mol. The number of carbonyl (C=O) groups excluding carboxylic acids is 1. The van der Waals surface area contributed by atoms with Crippen molar-refractivity contribution in [1.29, 1.82) is 0 Å². The van der Waals surface area contributed by atoms with Gasteiger partial charge in [0.15, 0.2) is 0 Å². The van der Waals surface area contributed by atoms with Crippen LogP contribution >= 0.6 is 0 Å². The summed E-state index contributed by atoms with van der Waals surface area (Å²) in [6.07, 6.45) is 1.09. The first-order valence-electron chi connectivity index (χ1n) is 4.44. The van der Waals surface area contributed by atoms with E-state index >= 15 is 0 Å². The van der Waals surface area contributed by atoms with Gasteiger partial charge in [0, 0.05) is 5.56 Å². The molecule has 1 rings (SSSR count). The van der Waals surface area contributed by atoms with Gasteiger partial charge >= 0.3 is 0 Å². The Morgan fingerprint density at radius 2 is 2.20 bits per heavy atom. The third kappa shape index (κ3) is 2.53. The van der Waals surface area contributed by atoms with Crippen LogP contribution < -0.4 is 5.32 Å². The monoisotopic (exact) mass is 205 g/mol. The molecule has 15 heavy (non-hydrogen) atoms. The molecule has 1 aromatic carbocycles. The first-order chi connectivity index (χ1) is 7.06. The van der Waals surface area contributed by atoms with Gasteiger partial charge in [-0.3, -0.25) is 4.79 Å². The summed E-state index contributed by atoms with van der Waals surface area (Å²) in [5, 5.41) is 2.42. The van der Waals surface area contributed by atoms with Crippen LogP contribution in [0.1, 0.15) is 12.5 Å². The number of rotatable bonds is 3. The van der Waals surface area contributed by atoms with E-state index in [0.29, 0.717) is 11.1 Å². The normalized spacial score (nSPS) is 9.47. The number of carbonyl (C=O) groups is 1. The minimum atomic E-state index is -0.481. The summed E-state index contributed by atoms with van der Waals surface area (Å²) in [4.78, 5) is 11.1. The number of hydrogen-bond donors (Lipinski definition) is 1. The van der Waals surface area contributed by atoms with Crippen LogP contribution in [-0.2, 0) is 4.79 Å². The van der Waals surface area contributed by atoms with Gasteiger partial charge in [-0.05, 0) is 24.6 Å². The smallest absolute Gasteiger partial charge is 0.247 e. The summed E-state index contributed by atoms with van der Waals surface area (Å²) in [5.74, 6) is -0.923. The third-order valence-electron chi connectivity index (χ3n) is 1.91. The van der Waals surface area contributed by atoms with Gasteiger partial charge < -0.3 is 5.32 Å². The van der Waals surface area contributed by atoms with E-state index in [1.165, 1.54) is 6.07 Å². The Balaban J connectivity index is 3.18. The molecule has 1 amide bonds. The fourth-order valence-corrected chi connectivity index (χ4v) is 1.18. The molecule has 1 N–H and O–H groups in total. The van der Waals surface area contributed by atoms with Gasteiger partial charge in [0.1, 0.15) is 5.82 Å². The predicted octanol–water partition coefficient (Wildman–Crippen LogP) is 2.98. The number of para-hydroxylation sites is 1. The third-order valence-corrected chi connectivity index (χ3v) is 1.91. The molecule has 0 heterocycles. The van der Waals surface area contributed by atoms with Crippen LogP contribution in [0, 0.1) is 5.82 Å². The Labute approximate surface area is 88.1 Å². The van der Waals surface area contributed by atoms with Gasteiger partial charge in [-0.2, -0.15) is 0 Å². The lowest BCUT2D eigenvalue weighted by Crippen LogP contribution is -2.10. The van der Waals surface area contributed by atoms with E-state index < -0.39 is 11.7 Å². The first kappa shape index (κ1) is 11.2. The molecule has 0 aliphatic carbocycles. The number of hydrogen-bond acceptors (Lipinski definition) is 1. The fourth-order valence-electron chi connectivity index (χ4n) is 1.18. The molecule has 0 fully saturated rings. The Morgan fingerprint density at radius 1 is 1.53 bits per heavy atom. The van der Waals surface area contributed by atoms with Crippen LogP contribution in [0.4, 0.5) is 10.1 Å². The van der Waals surface area contributed by atoms with E-state index in [0.717, 1.165) is 6.08 Å². The molecule has 0 atom stereocenters. The van der Waals surface area contributed by atoms with Gasteiger partial charge in [-0.25, -0.2) is 4.39 Å². The summed E-state index contributed by atoms with van der Waals surface area (Å²) in [6.45, 7) is 8.77. The molecule has 0 aliphatic heterocycles. The second kappa shape index (κ2) is 4.55. The Hall–Kier alpha value is -1.90. The lowest BCUT2D eigenvalue weighted by Gasteiger charge is -2.10. The van der Waals surface area contributed by atoms with Crippen molar-refractivity contribution in [3.05, 3.63) is 48.8 Å². The lowest BCUT2D eigenvalue weighted by molar-refractivity contribution is -0.111. The summed E-state index contributed by atoms with van der Waals surface area (Å²) in [6, 6.07) is 4.55. The van der Waals surface area contributed by atoms with Gasteiger partial charge in [0.2, 0.25) is 5.91 Å². The largest absolute Gasteiger partial charge is 0.319 e. The Bertz CT molecular complexity index is 424. The number of nitrogens with one attached hydrogen (secondary N) is 1. The molecule has 78 valence electrons. The second-order valence-corrected chi connectivity index (χ2v) is 3.14. The number of benzene rings is 1. The summed E-state index contributed by atoms with van der Waals surface area (Å²) in [7, 11) is 0. The molecule has 0 bridgehead atoms. The molecule has 2 nitrogen and oxygen atoms in total. The van der Waals surface area contributed by atoms with Crippen molar-refractivity contribution in [2.24, 2.45) is 0 Å². The molecular formula is C12H12FNO. The maximum absolute atomic E-state index is 13.4. The molecule has 0 saturated heterocycles. The molecule has 0 saturated carbocycles. The quantitative estimate of drug-likeness (QED) is 0.755. The molecule has 3 heteroatoms. The first-order valence-corrected chi connectivity index (χ1v) is 4.44. The topological polar surface area (TPSA) is 29.1 Å². The highest BCUT2D eigenvalue weighted by Crippen LogP contribution is 2.25. The van der Waals surface area contributed by atoms with Gasteiger partial charge in [0.25, 0.3) is 0 Å². The van der Waals surface area contributed by atoms with Crippen LogP contribution in [0.25, 0.3) is 5.57 Å². The van der Waals surface area contributed by atoms with E-state index in [4.69, 9.17) is 0 Å². The van der Waals surface area contributed by atoms with Gasteiger partial charge in [0.05, 0.1) is 5.69 Å². The van der Waals surface area contributed by atoms with E-state index in [1.807, 2.05) is 0 Å². The molecule has 1 aromatic rings. The van der Waals surface area contributed by atoms with Crippen LogP contribution in [0.3, 0.4) is 0 Å². The Kier molecular flexibility index (Phi) is 3.39. The molecule has 0 radical (unpaired) electrons. The minimum Gasteiger partial charge on any atom is -0.319 e. The van der Waals surface area contributed by atoms with E-state index in [-0.39, 0.29) is 5.69 Å². The highest BCUT2D eigenvalue weighted by Gasteiger charge is 2.10. The minimum absolute atomic E-state index is 0.148. The van der Waals surface area contributed by atoms with Crippen molar-refractivity contribution in [3.63, 3.8) is 0 Å².